The van der Waals surface area contributed by atoms with E-state index in [0.29, 0.717) is 0 Å². The number of imidazole rings is 1. The fraction of sp³-hybridized carbons (Fsp3) is 0.190. The molecule has 0 atom stereocenters. The summed E-state index contributed by atoms with van der Waals surface area (Å²) in [6.45, 7) is 5.91. The van der Waals surface area contributed by atoms with E-state index in [0.717, 1.165) is 39.0 Å². The van der Waals surface area contributed by atoms with Crippen LogP contribution in [0.1, 0.15) is 17.0 Å². The zero-order valence-electron chi connectivity index (χ0n) is 16.0. The predicted octanol–water partition coefficient (Wildman–Crippen LogP) is 4.40. The van der Waals surface area contributed by atoms with E-state index in [9.17, 15) is 4.79 Å². The Balaban J connectivity index is 1.46. The SMILES string of the molecule is Cc1ccc(-n2nc(C)c(NC(=O)CSc3nc4ccccc4[nH]3)c2C)cc1. The number of aromatic amines is 1. The topological polar surface area (TPSA) is 75.6 Å². The number of benzene rings is 2. The van der Waals surface area contributed by atoms with Crippen LogP contribution in [0.15, 0.2) is 53.7 Å². The molecule has 0 saturated carbocycles. The number of hydrogen-bond acceptors (Lipinski definition) is 4. The summed E-state index contributed by atoms with van der Waals surface area (Å²) in [5, 5.41) is 8.32. The van der Waals surface area contributed by atoms with Crippen LogP contribution in [0.3, 0.4) is 0 Å². The number of aryl methyl sites for hydroxylation is 2. The van der Waals surface area contributed by atoms with Crippen molar-refractivity contribution < 1.29 is 4.79 Å². The van der Waals surface area contributed by atoms with Gasteiger partial charge in [-0.3, -0.25) is 4.79 Å². The highest BCUT2D eigenvalue weighted by molar-refractivity contribution is 7.99. The molecule has 2 aromatic heterocycles. The number of anilines is 1. The smallest absolute Gasteiger partial charge is 0.234 e. The van der Waals surface area contributed by atoms with Crippen molar-refractivity contribution in [1.82, 2.24) is 19.7 Å². The van der Waals surface area contributed by atoms with Crippen molar-refractivity contribution in [2.24, 2.45) is 0 Å². The molecule has 2 heterocycles. The van der Waals surface area contributed by atoms with Gasteiger partial charge in [-0.15, -0.1) is 0 Å². The number of nitrogens with one attached hydrogen (secondary N) is 2. The van der Waals surface area contributed by atoms with Gasteiger partial charge in [-0.05, 0) is 45.0 Å². The zero-order chi connectivity index (χ0) is 19.7. The third-order valence-electron chi connectivity index (χ3n) is 4.54. The fourth-order valence-corrected chi connectivity index (χ4v) is 3.75. The highest BCUT2D eigenvalue weighted by atomic mass is 32.2. The number of para-hydroxylation sites is 2. The van der Waals surface area contributed by atoms with Gasteiger partial charge in [0.25, 0.3) is 0 Å². The summed E-state index contributed by atoms with van der Waals surface area (Å²) in [6.07, 6.45) is 0. The Kier molecular flexibility index (Phi) is 4.92. The number of fused-ring (bicyclic) bond motifs is 1. The Morgan fingerprint density at radius 2 is 1.86 bits per heavy atom. The molecule has 0 aliphatic rings. The fourth-order valence-electron chi connectivity index (χ4n) is 3.07. The summed E-state index contributed by atoms with van der Waals surface area (Å²) < 4.78 is 1.86. The lowest BCUT2D eigenvalue weighted by Gasteiger charge is -2.07. The van der Waals surface area contributed by atoms with E-state index < -0.39 is 0 Å². The molecule has 0 spiro atoms. The van der Waals surface area contributed by atoms with E-state index >= 15 is 0 Å². The van der Waals surface area contributed by atoms with E-state index in [-0.39, 0.29) is 11.7 Å². The Morgan fingerprint density at radius 3 is 2.61 bits per heavy atom. The van der Waals surface area contributed by atoms with Gasteiger partial charge in [0.2, 0.25) is 5.91 Å². The molecule has 6 nitrogen and oxygen atoms in total. The standard InChI is InChI=1S/C21H21N5OS/c1-13-8-10-16(11-9-13)26-15(3)20(14(2)25-26)24-19(27)12-28-21-22-17-6-4-5-7-18(17)23-21/h4-11H,12H2,1-3H3,(H,22,23)(H,24,27). The lowest BCUT2D eigenvalue weighted by atomic mass is 10.2. The van der Waals surface area contributed by atoms with Crippen molar-refractivity contribution in [3.63, 3.8) is 0 Å². The van der Waals surface area contributed by atoms with Crippen molar-refractivity contribution in [2.75, 3.05) is 11.1 Å². The van der Waals surface area contributed by atoms with Gasteiger partial charge < -0.3 is 10.3 Å². The summed E-state index contributed by atoms with van der Waals surface area (Å²) in [5.41, 5.74) is 6.50. The van der Waals surface area contributed by atoms with Crippen LogP contribution in [-0.2, 0) is 4.79 Å². The van der Waals surface area contributed by atoms with Crippen molar-refractivity contribution >= 4 is 34.4 Å². The number of carbonyl (C=O) groups is 1. The van der Waals surface area contributed by atoms with Crippen LogP contribution in [0.25, 0.3) is 16.7 Å². The third-order valence-corrected chi connectivity index (χ3v) is 5.42. The maximum atomic E-state index is 12.5. The molecule has 0 aliphatic heterocycles. The molecule has 0 fully saturated rings. The quantitative estimate of drug-likeness (QED) is 0.494. The first-order chi connectivity index (χ1) is 13.5. The molecule has 4 rings (SSSR count). The third kappa shape index (κ3) is 3.66. The normalized spacial score (nSPS) is 11.1. The first-order valence-corrected chi connectivity index (χ1v) is 10.0. The van der Waals surface area contributed by atoms with Gasteiger partial charge in [0.1, 0.15) is 0 Å². The average Bonchev–Trinajstić information content (AvgIpc) is 3.23. The first kappa shape index (κ1) is 18.3. The second-order valence-electron chi connectivity index (χ2n) is 6.69. The van der Waals surface area contributed by atoms with Crippen molar-refractivity contribution in [3.05, 3.63) is 65.5 Å². The molecule has 2 aromatic carbocycles. The average molecular weight is 392 g/mol. The van der Waals surface area contributed by atoms with Gasteiger partial charge in [-0.1, -0.05) is 41.6 Å². The summed E-state index contributed by atoms with van der Waals surface area (Å²) in [7, 11) is 0. The molecule has 1 amide bonds. The number of hydrogen-bond donors (Lipinski definition) is 2. The molecule has 0 unspecified atom stereocenters. The lowest BCUT2D eigenvalue weighted by Crippen LogP contribution is -2.15. The highest BCUT2D eigenvalue weighted by Crippen LogP contribution is 2.24. The molecule has 0 bridgehead atoms. The van der Waals surface area contributed by atoms with Gasteiger partial charge in [-0.2, -0.15) is 5.10 Å². The molecule has 0 aliphatic carbocycles. The number of H-pyrrole nitrogens is 1. The van der Waals surface area contributed by atoms with Gasteiger partial charge >= 0.3 is 0 Å². The van der Waals surface area contributed by atoms with Crippen LogP contribution in [-0.4, -0.2) is 31.4 Å². The number of rotatable bonds is 5. The summed E-state index contributed by atoms with van der Waals surface area (Å²) >= 11 is 1.38. The van der Waals surface area contributed by atoms with Crippen molar-refractivity contribution in [2.45, 2.75) is 25.9 Å². The Bertz CT molecular complexity index is 1110. The number of amides is 1. The van der Waals surface area contributed by atoms with Crippen LogP contribution in [0.4, 0.5) is 5.69 Å². The number of aromatic nitrogens is 4. The van der Waals surface area contributed by atoms with E-state index in [1.807, 2.05) is 67.1 Å². The van der Waals surface area contributed by atoms with Crippen LogP contribution in [0, 0.1) is 20.8 Å². The van der Waals surface area contributed by atoms with Crippen molar-refractivity contribution in [3.8, 4) is 5.69 Å². The summed E-state index contributed by atoms with van der Waals surface area (Å²) in [4.78, 5) is 20.2. The van der Waals surface area contributed by atoms with Gasteiger partial charge in [0.05, 0.1) is 39.5 Å². The Labute approximate surface area is 167 Å². The lowest BCUT2D eigenvalue weighted by molar-refractivity contribution is -0.113. The predicted molar refractivity (Wildman–Crippen MR) is 113 cm³/mol. The van der Waals surface area contributed by atoms with Crippen molar-refractivity contribution in [1.29, 1.82) is 0 Å². The Hall–Kier alpha value is -3.06. The molecule has 4 aromatic rings. The van der Waals surface area contributed by atoms with E-state index in [1.165, 1.54) is 17.3 Å². The minimum absolute atomic E-state index is 0.0832. The largest absolute Gasteiger partial charge is 0.333 e. The molecule has 0 saturated heterocycles. The second kappa shape index (κ2) is 7.52. The van der Waals surface area contributed by atoms with Crippen LogP contribution in [0.2, 0.25) is 0 Å². The molecule has 142 valence electrons. The van der Waals surface area contributed by atoms with Gasteiger partial charge in [0.15, 0.2) is 5.16 Å². The number of thioether (sulfide) groups is 1. The Morgan fingerprint density at radius 1 is 1.11 bits per heavy atom. The molecule has 28 heavy (non-hydrogen) atoms. The molecule has 7 heteroatoms. The van der Waals surface area contributed by atoms with E-state index in [4.69, 9.17) is 0 Å². The summed E-state index contributed by atoms with van der Waals surface area (Å²) in [5.74, 6) is 0.189. The minimum Gasteiger partial charge on any atom is -0.333 e. The van der Waals surface area contributed by atoms with Crippen LogP contribution < -0.4 is 5.32 Å². The van der Waals surface area contributed by atoms with E-state index in [2.05, 4.69) is 27.3 Å². The maximum Gasteiger partial charge on any atom is 0.234 e. The first-order valence-electron chi connectivity index (χ1n) is 9.02. The van der Waals surface area contributed by atoms with Crippen LogP contribution in [0.5, 0.6) is 0 Å². The number of carbonyl (C=O) groups excluding carboxylic acids is 1. The van der Waals surface area contributed by atoms with Gasteiger partial charge in [-0.25, -0.2) is 9.67 Å². The maximum absolute atomic E-state index is 12.5. The summed E-state index contributed by atoms with van der Waals surface area (Å²) in [6, 6.07) is 16.0. The van der Waals surface area contributed by atoms with Crippen LogP contribution >= 0.6 is 11.8 Å². The van der Waals surface area contributed by atoms with Gasteiger partial charge in [0, 0.05) is 0 Å². The molecule has 2 N–H and O–H groups in total. The molecular formula is C21H21N5OS. The minimum atomic E-state index is -0.0832. The highest BCUT2D eigenvalue weighted by Gasteiger charge is 2.16. The second-order valence-corrected chi connectivity index (χ2v) is 7.65. The monoisotopic (exact) mass is 391 g/mol. The van der Waals surface area contributed by atoms with E-state index in [1.54, 1.807) is 0 Å². The molecular weight excluding hydrogens is 370 g/mol. The molecule has 0 radical (unpaired) electrons. The zero-order valence-corrected chi connectivity index (χ0v) is 16.8. The number of nitrogens with zero attached hydrogens (tertiary/aromatic N) is 3.